The molecule has 2 aromatic carbocycles. The lowest BCUT2D eigenvalue weighted by Gasteiger charge is -2.06. The number of nitrogens with one attached hydrogen (secondary N) is 1. The van der Waals surface area contributed by atoms with Gasteiger partial charge in [-0.2, -0.15) is 0 Å². The first-order valence-electron chi connectivity index (χ1n) is 6.95. The van der Waals surface area contributed by atoms with Crippen molar-refractivity contribution in [2.24, 2.45) is 0 Å². The molecular weight excluding hydrogens is 269 g/mol. The maximum atomic E-state index is 12.8. The Hall–Kier alpha value is -1.32. The van der Waals surface area contributed by atoms with Gasteiger partial charge in [0.25, 0.3) is 0 Å². The number of benzene rings is 2. The first kappa shape index (κ1) is 15.1. The topological polar surface area (TPSA) is 12.0 Å². The van der Waals surface area contributed by atoms with Crippen LogP contribution in [0.1, 0.15) is 24.5 Å². The molecule has 106 valence electrons. The second kappa shape index (κ2) is 8.08. The molecule has 3 heteroatoms. The van der Waals surface area contributed by atoms with Crippen LogP contribution in [0.15, 0.2) is 53.4 Å². The van der Waals surface area contributed by atoms with E-state index in [2.05, 4.69) is 36.5 Å². The van der Waals surface area contributed by atoms with E-state index in [1.165, 1.54) is 22.6 Å². The SMILES string of the molecule is CCCNCc1cccc(SCc2ccc(F)cc2)c1. The van der Waals surface area contributed by atoms with E-state index in [-0.39, 0.29) is 5.82 Å². The molecule has 0 aliphatic rings. The molecule has 0 saturated carbocycles. The van der Waals surface area contributed by atoms with E-state index >= 15 is 0 Å². The van der Waals surface area contributed by atoms with Crippen LogP contribution in [-0.2, 0) is 12.3 Å². The van der Waals surface area contributed by atoms with Crippen LogP contribution in [0.5, 0.6) is 0 Å². The zero-order valence-electron chi connectivity index (χ0n) is 11.7. The minimum absolute atomic E-state index is 0.178. The van der Waals surface area contributed by atoms with Crippen molar-refractivity contribution in [3.8, 4) is 0 Å². The molecule has 2 aromatic rings. The van der Waals surface area contributed by atoms with Crippen LogP contribution >= 0.6 is 11.8 Å². The van der Waals surface area contributed by atoms with Crippen molar-refractivity contribution < 1.29 is 4.39 Å². The number of thioether (sulfide) groups is 1. The van der Waals surface area contributed by atoms with Crippen molar-refractivity contribution >= 4 is 11.8 Å². The first-order valence-corrected chi connectivity index (χ1v) is 7.93. The Labute approximate surface area is 124 Å². The van der Waals surface area contributed by atoms with Gasteiger partial charge in [0, 0.05) is 17.2 Å². The molecule has 0 heterocycles. The van der Waals surface area contributed by atoms with E-state index in [1.54, 1.807) is 11.8 Å². The van der Waals surface area contributed by atoms with Gasteiger partial charge in [-0.1, -0.05) is 31.2 Å². The van der Waals surface area contributed by atoms with Crippen molar-refractivity contribution in [2.75, 3.05) is 6.54 Å². The summed E-state index contributed by atoms with van der Waals surface area (Å²) < 4.78 is 12.8. The smallest absolute Gasteiger partial charge is 0.123 e. The largest absolute Gasteiger partial charge is 0.313 e. The predicted molar refractivity (Wildman–Crippen MR) is 84.4 cm³/mol. The monoisotopic (exact) mass is 289 g/mol. The molecule has 0 atom stereocenters. The van der Waals surface area contributed by atoms with E-state index in [1.807, 2.05) is 12.1 Å². The highest BCUT2D eigenvalue weighted by Gasteiger charge is 1.99. The van der Waals surface area contributed by atoms with E-state index in [9.17, 15) is 4.39 Å². The van der Waals surface area contributed by atoms with E-state index in [4.69, 9.17) is 0 Å². The minimum Gasteiger partial charge on any atom is -0.313 e. The quantitative estimate of drug-likeness (QED) is 0.590. The van der Waals surface area contributed by atoms with Gasteiger partial charge in [-0.25, -0.2) is 4.39 Å². The molecule has 0 aliphatic carbocycles. The van der Waals surface area contributed by atoms with Crippen molar-refractivity contribution in [1.82, 2.24) is 5.32 Å². The number of rotatable bonds is 7. The third-order valence-electron chi connectivity index (χ3n) is 2.97. The van der Waals surface area contributed by atoms with Gasteiger partial charge in [0.2, 0.25) is 0 Å². The third-order valence-corrected chi connectivity index (χ3v) is 4.04. The van der Waals surface area contributed by atoms with Crippen molar-refractivity contribution in [3.63, 3.8) is 0 Å². The van der Waals surface area contributed by atoms with E-state index in [0.29, 0.717) is 0 Å². The Morgan fingerprint density at radius 2 is 1.85 bits per heavy atom. The highest BCUT2D eigenvalue weighted by atomic mass is 32.2. The normalized spacial score (nSPS) is 10.7. The summed E-state index contributed by atoms with van der Waals surface area (Å²) in [6, 6.07) is 15.3. The Bertz CT molecular complexity index is 525. The van der Waals surface area contributed by atoms with Crippen LogP contribution in [-0.4, -0.2) is 6.54 Å². The van der Waals surface area contributed by atoms with Crippen molar-refractivity contribution in [3.05, 3.63) is 65.5 Å². The van der Waals surface area contributed by atoms with E-state index < -0.39 is 0 Å². The fraction of sp³-hybridized carbons (Fsp3) is 0.294. The van der Waals surface area contributed by atoms with Gasteiger partial charge in [0.1, 0.15) is 5.82 Å². The molecule has 0 aromatic heterocycles. The number of hydrogen-bond acceptors (Lipinski definition) is 2. The summed E-state index contributed by atoms with van der Waals surface area (Å²) in [5.74, 6) is 0.689. The zero-order chi connectivity index (χ0) is 14.2. The molecule has 0 saturated heterocycles. The molecule has 0 aliphatic heterocycles. The Balaban J connectivity index is 1.89. The molecule has 20 heavy (non-hydrogen) atoms. The maximum Gasteiger partial charge on any atom is 0.123 e. The maximum absolute atomic E-state index is 12.8. The summed E-state index contributed by atoms with van der Waals surface area (Å²) in [6.45, 7) is 4.13. The Morgan fingerprint density at radius 1 is 1.05 bits per heavy atom. The molecule has 0 fully saturated rings. The summed E-state index contributed by atoms with van der Waals surface area (Å²) >= 11 is 1.78. The molecule has 1 nitrogen and oxygen atoms in total. The molecular formula is C17H20FNS. The van der Waals surface area contributed by atoms with Crippen LogP contribution < -0.4 is 5.32 Å². The molecule has 0 spiro atoms. The van der Waals surface area contributed by atoms with Gasteiger partial charge in [0.15, 0.2) is 0 Å². The molecule has 0 unspecified atom stereocenters. The van der Waals surface area contributed by atoms with Gasteiger partial charge >= 0.3 is 0 Å². The van der Waals surface area contributed by atoms with Gasteiger partial charge in [-0.05, 0) is 48.4 Å². The Kier molecular flexibility index (Phi) is 6.09. The Morgan fingerprint density at radius 3 is 2.60 bits per heavy atom. The number of halogens is 1. The van der Waals surface area contributed by atoms with Crippen LogP contribution in [0.25, 0.3) is 0 Å². The van der Waals surface area contributed by atoms with Gasteiger partial charge in [-0.3, -0.25) is 0 Å². The molecule has 1 N–H and O–H groups in total. The lowest BCUT2D eigenvalue weighted by molar-refractivity contribution is 0.627. The summed E-state index contributed by atoms with van der Waals surface area (Å²) in [6.07, 6.45) is 1.15. The summed E-state index contributed by atoms with van der Waals surface area (Å²) in [5, 5.41) is 3.41. The van der Waals surface area contributed by atoms with Crippen molar-refractivity contribution in [1.29, 1.82) is 0 Å². The predicted octanol–water partition coefficient (Wildman–Crippen LogP) is 4.62. The average molecular weight is 289 g/mol. The summed E-state index contributed by atoms with van der Waals surface area (Å²) in [4.78, 5) is 1.25. The van der Waals surface area contributed by atoms with Crippen LogP contribution in [0, 0.1) is 5.82 Å². The first-order chi connectivity index (χ1) is 9.78. The van der Waals surface area contributed by atoms with Gasteiger partial charge in [-0.15, -0.1) is 11.8 Å². The fourth-order valence-electron chi connectivity index (χ4n) is 1.90. The highest BCUT2D eigenvalue weighted by Crippen LogP contribution is 2.23. The van der Waals surface area contributed by atoms with Gasteiger partial charge < -0.3 is 5.32 Å². The highest BCUT2D eigenvalue weighted by molar-refractivity contribution is 7.98. The van der Waals surface area contributed by atoms with Crippen LogP contribution in [0.2, 0.25) is 0 Å². The number of hydrogen-bond donors (Lipinski definition) is 1. The minimum atomic E-state index is -0.178. The molecule has 2 rings (SSSR count). The summed E-state index contributed by atoms with van der Waals surface area (Å²) in [7, 11) is 0. The molecule has 0 amide bonds. The lowest BCUT2D eigenvalue weighted by Crippen LogP contribution is -2.13. The standard InChI is InChI=1S/C17H20FNS/c1-2-10-19-12-15-4-3-5-17(11-15)20-13-14-6-8-16(18)9-7-14/h3-9,11,19H,2,10,12-13H2,1H3. The molecule has 0 radical (unpaired) electrons. The third kappa shape index (κ3) is 4.99. The van der Waals surface area contributed by atoms with Gasteiger partial charge in [0.05, 0.1) is 0 Å². The molecule has 0 bridgehead atoms. The van der Waals surface area contributed by atoms with Crippen LogP contribution in [0.4, 0.5) is 4.39 Å². The summed E-state index contributed by atoms with van der Waals surface area (Å²) in [5.41, 5.74) is 2.45. The van der Waals surface area contributed by atoms with E-state index in [0.717, 1.165) is 30.8 Å². The second-order valence-corrected chi connectivity index (χ2v) is 5.79. The zero-order valence-corrected chi connectivity index (χ0v) is 12.5. The average Bonchev–Trinajstić information content (AvgIpc) is 2.47. The lowest BCUT2D eigenvalue weighted by atomic mass is 10.2. The fourth-order valence-corrected chi connectivity index (χ4v) is 2.84. The van der Waals surface area contributed by atoms with Crippen LogP contribution in [0.3, 0.4) is 0 Å². The second-order valence-electron chi connectivity index (χ2n) is 4.74. The van der Waals surface area contributed by atoms with Crippen molar-refractivity contribution in [2.45, 2.75) is 30.5 Å².